The van der Waals surface area contributed by atoms with E-state index in [1.807, 2.05) is 0 Å². The first kappa shape index (κ1) is 11.9. The maximum absolute atomic E-state index is 11.0. The molecule has 18 heavy (non-hydrogen) atoms. The molecule has 0 radical (unpaired) electrons. The Morgan fingerprint density at radius 2 is 2.11 bits per heavy atom. The highest BCUT2D eigenvalue weighted by Gasteiger charge is 2.22. The van der Waals surface area contributed by atoms with Gasteiger partial charge in [0.1, 0.15) is 6.07 Å². The van der Waals surface area contributed by atoms with Gasteiger partial charge < -0.3 is 16.2 Å². The summed E-state index contributed by atoms with van der Waals surface area (Å²) in [7, 11) is -3.95. The lowest BCUT2D eigenvalue weighted by Gasteiger charge is -2.07. The van der Waals surface area contributed by atoms with E-state index in [1.54, 1.807) is 6.07 Å². The lowest BCUT2D eigenvalue weighted by atomic mass is 10.2. The topological polar surface area (TPSA) is 141 Å². The summed E-state index contributed by atoms with van der Waals surface area (Å²) in [4.78, 5) is 0. The molecule has 0 atom stereocenters. The van der Waals surface area contributed by atoms with Crippen LogP contribution in [0.15, 0.2) is 27.0 Å². The molecule has 0 fully saturated rings. The van der Waals surface area contributed by atoms with Gasteiger partial charge in [0, 0.05) is 0 Å². The van der Waals surface area contributed by atoms with Gasteiger partial charge in [0.25, 0.3) is 0 Å². The Morgan fingerprint density at radius 1 is 1.39 bits per heavy atom. The van der Waals surface area contributed by atoms with Gasteiger partial charge in [0.15, 0.2) is 17.4 Å². The molecule has 1 aromatic carbocycles. The number of aromatic hydroxyl groups is 1. The van der Waals surface area contributed by atoms with Crippen LogP contribution in [0.2, 0.25) is 0 Å². The smallest absolute Gasteiger partial charge is 0.367 e. The Morgan fingerprint density at radius 3 is 2.67 bits per heavy atom. The molecule has 9 heteroatoms. The van der Waals surface area contributed by atoms with Gasteiger partial charge in [-0.1, -0.05) is 6.07 Å². The molecule has 2 rings (SSSR count). The largest absolute Gasteiger partial charge is 0.504 e. The van der Waals surface area contributed by atoms with E-state index in [0.717, 1.165) is 0 Å². The van der Waals surface area contributed by atoms with Gasteiger partial charge in [-0.3, -0.25) is 0 Å². The summed E-state index contributed by atoms with van der Waals surface area (Å²) in [5, 5.41) is 20.9. The van der Waals surface area contributed by atoms with Crippen molar-refractivity contribution in [2.45, 2.75) is 0 Å². The normalized spacial score (nSPS) is 16.6. The zero-order valence-electron chi connectivity index (χ0n) is 8.82. The summed E-state index contributed by atoms with van der Waals surface area (Å²) in [6.07, 6.45) is 0. The molecule has 0 spiro atoms. The standard InChI is InChI=1S/C9H7N5O3S/c10-4-5-2-1-3-6(7(5)15)12-9-8(11)13-18(16,17)14-9/h1-3,15H,(H2,11,13)(H,12,14). The second-order valence-corrected chi connectivity index (χ2v) is 4.56. The number of phenols is 1. The summed E-state index contributed by atoms with van der Waals surface area (Å²) in [5.74, 6) is -0.822. The molecule has 92 valence electrons. The van der Waals surface area contributed by atoms with Crippen LogP contribution < -0.4 is 11.1 Å². The Hall–Kier alpha value is -2.60. The van der Waals surface area contributed by atoms with Gasteiger partial charge in [-0.2, -0.15) is 13.7 Å². The van der Waals surface area contributed by atoms with Crippen molar-refractivity contribution in [3.05, 3.63) is 23.8 Å². The number of benzene rings is 1. The number of anilines is 1. The number of hydrogen-bond acceptors (Lipinski definition) is 6. The number of amidine groups is 2. The molecule has 1 aliphatic heterocycles. The Balaban J connectivity index is 2.39. The zero-order chi connectivity index (χ0) is 13.3. The molecule has 1 heterocycles. The molecular weight excluding hydrogens is 258 g/mol. The van der Waals surface area contributed by atoms with E-state index in [1.165, 1.54) is 18.2 Å². The number of phenolic OH excluding ortho intramolecular Hbond substituents is 1. The molecular formula is C9H7N5O3S. The highest BCUT2D eigenvalue weighted by Crippen LogP contribution is 2.27. The predicted octanol–water partition coefficient (Wildman–Crippen LogP) is -0.310. The molecule has 0 unspecified atom stereocenters. The van der Waals surface area contributed by atoms with E-state index in [4.69, 9.17) is 11.0 Å². The fourth-order valence-corrected chi connectivity index (χ4v) is 2.04. The number of nitrogens with one attached hydrogen (secondary N) is 1. The molecule has 0 aliphatic carbocycles. The van der Waals surface area contributed by atoms with Gasteiger partial charge in [-0.25, -0.2) is 0 Å². The van der Waals surface area contributed by atoms with Crippen LogP contribution in [-0.4, -0.2) is 25.2 Å². The van der Waals surface area contributed by atoms with Crippen molar-refractivity contribution < 1.29 is 13.5 Å². The molecule has 0 aromatic heterocycles. The SMILES string of the molecule is N#Cc1cccc(NC2=NS(=O)(=O)N=C2N)c1O. The van der Waals surface area contributed by atoms with Crippen LogP contribution in [0.4, 0.5) is 5.69 Å². The van der Waals surface area contributed by atoms with Crippen LogP contribution in [0.25, 0.3) is 0 Å². The van der Waals surface area contributed by atoms with Crippen LogP contribution in [0, 0.1) is 11.3 Å². The summed E-state index contributed by atoms with van der Waals surface area (Å²) in [6, 6.07) is 6.14. The van der Waals surface area contributed by atoms with Crippen LogP contribution >= 0.6 is 0 Å². The summed E-state index contributed by atoms with van der Waals surface area (Å²) in [6.45, 7) is 0. The van der Waals surface area contributed by atoms with E-state index in [9.17, 15) is 13.5 Å². The number of nitrogens with zero attached hydrogens (tertiary/aromatic N) is 3. The Bertz CT molecular complexity index is 714. The third-order valence-electron chi connectivity index (χ3n) is 2.07. The van der Waals surface area contributed by atoms with Gasteiger partial charge in [-0.15, -0.1) is 8.80 Å². The third-order valence-corrected chi connectivity index (χ3v) is 2.91. The molecule has 1 aliphatic rings. The van der Waals surface area contributed by atoms with Crippen LogP contribution in [-0.2, 0) is 10.2 Å². The average Bonchev–Trinajstić information content (AvgIpc) is 2.55. The first-order chi connectivity index (χ1) is 8.43. The van der Waals surface area contributed by atoms with Crippen molar-refractivity contribution in [1.29, 1.82) is 5.26 Å². The first-order valence-electron chi connectivity index (χ1n) is 4.63. The van der Waals surface area contributed by atoms with Crippen LogP contribution in [0.1, 0.15) is 5.56 Å². The van der Waals surface area contributed by atoms with E-state index in [2.05, 4.69) is 14.1 Å². The lowest BCUT2D eigenvalue weighted by Crippen LogP contribution is -2.27. The van der Waals surface area contributed by atoms with Gasteiger partial charge in [-0.05, 0) is 12.1 Å². The second-order valence-electron chi connectivity index (χ2n) is 3.30. The molecule has 0 saturated heterocycles. The number of rotatable bonds is 1. The minimum atomic E-state index is -3.95. The summed E-state index contributed by atoms with van der Waals surface area (Å²) < 4.78 is 28.5. The van der Waals surface area contributed by atoms with Crippen molar-refractivity contribution in [1.82, 2.24) is 0 Å². The zero-order valence-corrected chi connectivity index (χ0v) is 9.64. The lowest BCUT2D eigenvalue weighted by molar-refractivity contribution is 0.476. The van der Waals surface area contributed by atoms with Crippen molar-refractivity contribution >= 4 is 27.6 Å². The predicted molar refractivity (Wildman–Crippen MR) is 64.4 cm³/mol. The van der Waals surface area contributed by atoms with E-state index in [0.29, 0.717) is 0 Å². The summed E-state index contributed by atoms with van der Waals surface area (Å²) >= 11 is 0. The van der Waals surface area contributed by atoms with Crippen LogP contribution in [0.3, 0.4) is 0 Å². The maximum atomic E-state index is 11.0. The van der Waals surface area contributed by atoms with E-state index < -0.39 is 10.2 Å². The van der Waals surface area contributed by atoms with Crippen molar-refractivity contribution in [2.24, 2.45) is 14.5 Å². The Kier molecular flexibility index (Phi) is 2.64. The first-order valence-corrected chi connectivity index (χ1v) is 6.02. The van der Waals surface area contributed by atoms with Gasteiger partial charge in [0.05, 0.1) is 11.3 Å². The molecule has 4 N–H and O–H groups in total. The van der Waals surface area contributed by atoms with E-state index >= 15 is 0 Å². The van der Waals surface area contributed by atoms with Crippen molar-refractivity contribution in [3.8, 4) is 11.8 Å². The van der Waals surface area contributed by atoms with E-state index in [-0.39, 0.29) is 28.7 Å². The van der Waals surface area contributed by atoms with Gasteiger partial charge in [0.2, 0.25) is 0 Å². The number of nitrogens with two attached hydrogens (primary N) is 1. The maximum Gasteiger partial charge on any atom is 0.367 e. The van der Waals surface area contributed by atoms with Crippen LogP contribution in [0.5, 0.6) is 5.75 Å². The summed E-state index contributed by atoms with van der Waals surface area (Å²) in [5.41, 5.74) is 5.51. The third kappa shape index (κ3) is 2.09. The highest BCUT2D eigenvalue weighted by molar-refractivity contribution is 7.89. The minimum Gasteiger partial charge on any atom is -0.504 e. The average molecular weight is 265 g/mol. The van der Waals surface area contributed by atoms with Gasteiger partial charge >= 0.3 is 10.2 Å². The number of hydrogen-bond donors (Lipinski definition) is 3. The monoisotopic (exact) mass is 265 g/mol. The second kappa shape index (κ2) is 4.01. The van der Waals surface area contributed by atoms with Crippen molar-refractivity contribution in [2.75, 3.05) is 5.32 Å². The highest BCUT2D eigenvalue weighted by atomic mass is 32.2. The minimum absolute atomic E-state index is 0.0389. The molecule has 1 aromatic rings. The van der Waals surface area contributed by atoms with Crippen molar-refractivity contribution in [3.63, 3.8) is 0 Å². The molecule has 8 nitrogen and oxygen atoms in total. The molecule has 0 amide bonds. The fraction of sp³-hybridized carbons (Fsp3) is 0. The molecule has 0 bridgehead atoms. The quantitative estimate of drug-likeness (QED) is 0.595. The molecule has 0 saturated carbocycles. The number of nitriles is 1. The number of para-hydroxylation sites is 1. The fourth-order valence-electron chi connectivity index (χ4n) is 1.30. The Labute approximate surface area is 102 Å².